The van der Waals surface area contributed by atoms with Gasteiger partial charge in [0.05, 0.1) is 0 Å². The summed E-state index contributed by atoms with van der Waals surface area (Å²) in [6.07, 6.45) is 1.01. The molecule has 0 rings (SSSR count). The highest BCUT2D eigenvalue weighted by molar-refractivity contribution is 9.09. The van der Waals surface area contributed by atoms with E-state index in [9.17, 15) is 4.79 Å². The number of carbonyl (C=O) groups excluding carboxylic acids is 1. The molecule has 0 aliphatic rings. The van der Waals surface area contributed by atoms with E-state index in [4.69, 9.17) is 0 Å². The molecule has 0 spiro atoms. The van der Waals surface area contributed by atoms with Crippen LogP contribution in [-0.2, 0) is 4.79 Å². The Bertz CT molecular complexity index is 134. The quantitative estimate of drug-likeness (QED) is 0.723. The monoisotopic (exact) mass is 221 g/mol. The summed E-state index contributed by atoms with van der Waals surface area (Å²) in [7, 11) is 0. The molecule has 0 unspecified atom stereocenters. The van der Waals surface area contributed by atoms with Crippen LogP contribution in [0.25, 0.3) is 0 Å². The van der Waals surface area contributed by atoms with E-state index in [1.165, 1.54) is 0 Å². The summed E-state index contributed by atoms with van der Waals surface area (Å²) in [5.74, 6) is 0.0513. The third kappa shape index (κ3) is 6.35. The van der Waals surface area contributed by atoms with Gasteiger partial charge >= 0.3 is 0 Å². The third-order valence-electron chi connectivity index (χ3n) is 1.54. The molecule has 0 aromatic carbocycles. The van der Waals surface area contributed by atoms with Gasteiger partial charge in [0.25, 0.3) is 0 Å². The summed E-state index contributed by atoms with van der Waals surface area (Å²) >= 11 is 3.43. The third-order valence-corrected chi connectivity index (χ3v) is 3.06. The molecule has 0 bridgehead atoms. The van der Waals surface area contributed by atoms with Gasteiger partial charge in [-0.2, -0.15) is 0 Å². The first-order valence-electron chi connectivity index (χ1n) is 3.78. The molecule has 11 heavy (non-hydrogen) atoms. The molecule has 0 fully saturated rings. The molecule has 3 heteroatoms. The van der Waals surface area contributed by atoms with E-state index in [0.717, 1.165) is 18.3 Å². The van der Waals surface area contributed by atoms with Gasteiger partial charge in [-0.25, -0.2) is 0 Å². The highest BCUT2D eigenvalue weighted by Crippen LogP contribution is 2.21. The SMILES string of the molecule is CC(=O)NCCC(C)(C)CBr. The van der Waals surface area contributed by atoms with Crippen LogP contribution >= 0.6 is 15.9 Å². The van der Waals surface area contributed by atoms with E-state index in [0.29, 0.717) is 0 Å². The molecule has 66 valence electrons. The van der Waals surface area contributed by atoms with Crippen molar-refractivity contribution in [2.24, 2.45) is 5.41 Å². The number of rotatable bonds is 4. The number of hydrogen-bond donors (Lipinski definition) is 1. The van der Waals surface area contributed by atoms with Crippen molar-refractivity contribution in [1.29, 1.82) is 0 Å². The lowest BCUT2D eigenvalue weighted by Crippen LogP contribution is -2.26. The zero-order chi connectivity index (χ0) is 8.91. The van der Waals surface area contributed by atoms with Gasteiger partial charge in [-0.15, -0.1) is 0 Å². The maximum atomic E-state index is 10.5. The van der Waals surface area contributed by atoms with Crippen molar-refractivity contribution in [3.8, 4) is 0 Å². The number of amides is 1. The van der Waals surface area contributed by atoms with Gasteiger partial charge in [-0.3, -0.25) is 4.79 Å². The number of alkyl halides is 1. The lowest BCUT2D eigenvalue weighted by atomic mass is 9.92. The maximum absolute atomic E-state index is 10.5. The van der Waals surface area contributed by atoms with E-state index in [-0.39, 0.29) is 11.3 Å². The minimum absolute atomic E-state index is 0.0513. The van der Waals surface area contributed by atoms with Crippen molar-refractivity contribution in [2.45, 2.75) is 27.2 Å². The Morgan fingerprint density at radius 1 is 1.55 bits per heavy atom. The van der Waals surface area contributed by atoms with Crippen molar-refractivity contribution in [2.75, 3.05) is 11.9 Å². The van der Waals surface area contributed by atoms with Crippen LogP contribution in [-0.4, -0.2) is 17.8 Å². The van der Waals surface area contributed by atoms with Crippen molar-refractivity contribution in [1.82, 2.24) is 5.32 Å². The van der Waals surface area contributed by atoms with Gasteiger partial charge in [-0.05, 0) is 11.8 Å². The first-order chi connectivity index (χ1) is 4.98. The van der Waals surface area contributed by atoms with Gasteiger partial charge in [0.15, 0.2) is 0 Å². The highest BCUT2D eigenvalue weighted by Gasteiger charge is 2.14. The Morgan fingerprint density at radius 2 is 2.09 bits per heavy atom. The summed E-state index contributed by atoms with van der Waals surface area (Å²) < 4.78 is 0. The van der Waals surface area contributed by atoms with E-state index in [2.05, 4.69) is 35.1 Å². The average Bonchev–Trinajstić information content (AvgIpc) is 1.87. The van der Waals surface area contributed by atoms with E-state index >= 15 is 0 Å². The molecule has 0 aliphatic heterocycles. The largest absolute Gasteiger partial charge is 0.356 e. The molecule has 1 amide bonds. The van der Waals surface area contributed by atoms with Crippen molar-refractivity contribution in [3.05, 3.63) is 0 Å². The smallest absolute Gasteiger partial charge is 0.216 e. The highest BCUT2D eigenvalue weighted by atomic mass is 79.9. The standard InChI is InChI=1S/C8H16BrNO/c1-7(11)10-5-4-8(2,3)6-9/h4-6H2,1-3H3,(H,10,11). The van der Waals surface area contributed by atoms with Crippen LogP contribution in [0.1, 0.15) is 27.2 Å². The van der Waals surface area contributed by atoms with Crippen LogP contribution in [0.2, 0.25) is 0 Å². The first-order valence-corrected chi connectivity index (χ1v) is 4.90. The van der Waals surface area contributed by atoms with Crippen LogP contribution in [0.4, 0.5) is 0 Å². The molecule has 0 saturated heterocycles. The predicted octanol–water partition coefficient (Wildman–Crippen LogP) is 1.93. The maximum Gasteiger partial charge on any atom is 0.216 e. The van der Waals surface area contributed by atoms with Gasteiger partial charge < -0.3 is 5.32 Å². The second-order valence-electron chi connectivity index (χ2n) is 3.53. The summed E-state index contributed by atoms with van der Waals surface area (Å²) in [5.41, 5.74) is 0.280. The fourth-order valence-electron chi connectivity index (χ4n) is 0.644. The van der Waals surface area contributed by atoms with Crippen LogP contribution in [0.3, 0.4) is 0 Å². The summed E-state index contributed by atoms with van der Waals surface area (Å²) in [6.45, 7) is 6.65. The Balaban J connectivity index is 3.45. The summed E-state index contributed by atoms with van der Waals surface area (Å²) in [5, 5.41) is 3.75. The van der Waals surface area contributed by atoms with Gasteiger partial charge in [0.1, 0.15) is 0 Å². The zero-order valence-corrected chi connectivity index (χ0v) is 8.99. The fraction of sp³-hybridized carbons (Fsp3) is 0.875. The van der Waals surface area contributed by atoms with Gasteiger partial charge in [0.2, 0.25) is 5.91 Å². The summed E-state index contributed by atoms with van der Waals surface area (Å²) in [6, 6.07) is 0. The second kappa shape index (κ2) is 4.75. The molecule has 0 atom stereocenters. The average molecular weight is 222 g/mol. The molecule has 0 saturated carbocycles. The molecule has 1 N–H and O–H groups in total. The van der Waals surface area contributed by atoms with Crippen LogP contribution in [0.5, 0.6) is 0 Å². The minimum Gasteiger partial charge on any atom is -0.356 e. The van der Waals surface area contributed by atoms with Crippen LogP contribution in [0, 0.1) is 5.41 Å². The number of halogens is 1. The Kier molecular flexibility index (Phi) is 4.73. The number of carbonyl (C=O) groups is 1. The molecular weight excluding hydrogens is 206 g/mol. The fourth-order valence-corrected chi connectivity index (χ4v) is 0.924. The number of hydrogen-bond acceptors (Lipinski definition) is 1. The Labute approximate surface area is 76.9 Å². The lowest BCUT2D eigenvalue weighted by Gasteiger charge is -2.20. The molecule has 0 aromatic rings. The van der Waals surface area contributed by atoms with Gasteiger partial charge in [0, 0.05) is 18.8 Å². The minimum atomic E-state index is 0.0513. The lowest BCUT2D eigenvalue weighted by molar-refractivity contribution is -0.119. The summed E-state index contributed by atoms with van der Waals surface area (Å²) in [4.78, 5) is 10.5. The zero-order valence-electron chi connectivity index (χ0n) is 7.41. The molecule has 0 heterocycles. The molecule has 2 nitrogen and oxygen atoms in total. The second-order valence-corrected chi connectivity index (χ2v) is 4.09. The van der Waals surface area contributed by atoms with E-state index in [1.54, 1.807) is 6.92 Å². The topological polar surface area (TPSA) is 29.1 Å². The predicted molar refractivity (Wildman–Crippen MR) is 50.9 cm³/mol. The van der Waals surface area contributed by atoms with E-state index in [1.807, 2.05) is 0 Å². The van der Waals surface area contributed by atoms with E-state index < -0.39 is 0 Å². The normalized spacial score (nSPS) is 11.3. The van der Waals surface area contributed by atoms with Crippen LogP contribution < -0.4 is 5.32 Å². The van der Waals surface area contributed by atoms with Crippen molar-refractivity contribution in [3.63, 3.8) is 0 Å². The molecule has 0 radical (unpaired) electrons. The molecule has 0 aromatic heterocycles. The Hall–Kier alpha value is -0.0500. The van der Waals surface area contributed by atoms with Gasteiger partial charge in [-0.1, -0.05) is 29.8 Å². The van der Waals surface area contributed by atoms with Crippen LogP contribution in [0.15, 0.2) is 0 Å². The Morgan fingerprint density at radius 3 is 2.45 bits per heavy atom. The molecule has 0 aliphatic carbocycles. The molecular formula is C8H16BrNO. The first kappa shape index (κ1) is 11.0. The number of nitrogens with one attached hydrogen (secondary N) is 1. The van der Waals surface area contributed by atoms with Crippen molar-refractivity contribution < 1.29 is 4.79 Å². The van der Waals surface area contributed by atoms with Crippen molar-refractivity contribution >= 4 is 21.8 Å².